The molecule has 2 aromatic rings. The van der Waals surface area contributed by atoms with Gasteiger partial charge in [0.2, 0.25) is 5.91 Å². The van der Waals surface area contributed by atoms with Crippen LogP contribution in [0.3, 0.4) is 0 Å². The van der Waals surface area contributed by atoms with E-state index in [1.54, 1.807) is 31.4 Å². The molecule has 1 N–H and O–H groups in total. The Labute approximate surface area is 171 Å². The van der Waals surface area contributed by atoms with E-state index >= 15 is 0 Å². The van der Waals surface area contributed by atoms with Crippen LogP contribution in [0.2, 0.25) is 0 Å². The van der Waals surface area contributed by atoms with Crippen molar-refractivity contribution >= 4 is 45.6 Å². The number of rotatable bonds is 7. The first-order valence-electron chi connectivity index (χ1n) is 8.94. The van der Waals surface area contributed by atoms with Crippen molar-refractivity contribution < 1.29 is 28.7 Å². The van der Waals surface area contributed by atoms with E-state index in [1.165, 1.54) is 6.92 Å². The van der Waals surface area contributed by atoms with Gasteiger partial charge in [0.25, 0.3) is 11.1 Å². The predicted octanol–water partition coefficient (Wildman–Crippen LogP) is 2.21. The number of imide groups is 1. The summed E-state index contributed by atoms with van der Waals surface area (Å²) in [7, 11) is 1.55. The van der Waals surface area contributed by atoms with Crippen molar-refractivity contribution in [2.24, 2.45) is 0 Å². The summed E-state index contributed by atoms with van der Waals surface area (Å²) in [6.45, 7) is 1.63. The minimum atomic E-state index is -1.04. The lowest BCUT2D eigenvalue weighted by Gasteiger charge is -2.17. The molecular formula is C20H20N2O6S. The van der Waals surface area contributed by atoms with Crippen LogP contribution in [0.5, 0.6) is 5.75 Å². The average Bonchev–Trinajstić information content (AvgIpc) is 3.04. The van der Waals surface area contributed by atoms with E-state index < -0.39 is 18.0 Å². The fourth-order valence-electron chi connectivity index (χ4n) is 2.94. The third-order valence-electron chi connectivity index (χ3n) is 4.45. The molecule has 152 valence electrons. The summed E-state index contributed by atoms with van der Waals surface area (Å²) in [6.07, 6.45) is -1.04. The number of hydrogen-bond donors (Lipinski definition) is 1. The minimum absolute atomic E-state index is 0.0835. The molecule has 8 nitrogen and oxygen atoms in total. The van der Waals surface area contributed by atoms with Gasteiger partial charge in [0.1, 0.15) is 5.75 Å². The number of esters is 1. The highest BCUT2D eigenvalue weighted by Gasteiger charge is 2.29. The molecule has 9 heteroatoms. The Bertz CT molecular complexity index is 961. The Morgan fingerprint density at radius 1 is 1.17 bits per heavy atom. The minimum Gasteiger partial charge on any atom is -0.496 e. The Hall–Kier alpha value is -3.07. The Morgan fingerprint density at radius 2 is 1.90 bits per heavy atom. The fourth-order valence-corrected chi connectivity index (χ4v) is 3.69. The van der Waals surface area contributed by atoms with Crippen molar-refractivity contribution in [1.29, 1.82) is 0 Å². The molecule has 3 amide bonds. The summed E-state index contributed by atoms with van der Waals surface area (Å²) in [5, 5.41) is 3.67. The highest BCUT2D eigenvalue weighted by Crippen LogP contribution is 2.28. The molecule has 0 spiro atoms. The molecule has 0 bridgehead atoms. The van der Waals surface area contributed by atoms with Crippen LogP contribution in [0, 0.1) is 0 Å². The first kappa shape index (κ1) is 20.7. The summed E-state index contributed by atoms with van der Waals surface area (Å²) in [6, 6.07) is 10.5. The van der Waals surface area contributed by atoms with E-state index in [0.717, 1.165) is 22.0 Å². The van der Waals surface area contributed by atoms with E-state index in [-0.39, 0.29) is 30.0 Å². The summed E-state index contributed by atoms with van der Waals surface area (Å²) < 4.78 is 10.6. The third kappa shape index (κ3) is 4.51. The number of carbonyl (C=O) groups excluding carboxylic acids is 4. The molecule has 0 aromatic heterocycles. The quantitative estimate of drug-likeness (QED) is 0.691. The van der Waals surface area contributed by atoms with Gasteiger partial charge in [0.15, 0.2) is 6.10 Å². The molecule has 1 saturated heterocycles. The van der Waals surface area contributed by atoms with Crippen LogP contribution in [0.1, 0.15) is 17.3 Å². The standard InChI is InChI=1S/C20H20N2O6S/c1-12(18(24)21-9-10-22-17(23)11-29-20(22)26)28-19(25)15-7-8-16(27-2)14-6-4-3-5-13(14)15/h3-8,12H,9-11H2,1-2H3,(H,21,24)/t12-/m1/s1. The van der Waals surface area contributed by atoms with E-state index in [2.05, 4.69) is 5.32 Å². The molecule has 0 unspecified atom stereocenters. The van der Waals surface area contributed by atoms with Crippen LogP contribution in [0.25, 0.3) is 10.8 Å². The van der Waals surface area contributed by atoms with Crippen molar-refractivity contribution in [3.8, 4) is 5.75 Å². The number of ether oxygens (including phenoxy) is 2. The van der Waals surface area contributed by atoms with Crippen LogP contribution in [0.4, 0.5) is 4.79 Å². The molecule has 1 heterocycles. The number of carbonyl (C=O) groups is 4. The normalized spacial score (nSPS) is 14.8. The summed E-state index contributed by atoms with van der Waals surface area (Å²) in [5.41, 5.74) is 0.325. The van der Waals surface area contributed by atoms with Crippen molar-refractivity contribution in [2.45, 2.75) is 13.0 Å². The van der Waals surface area contributed by atoms with Gasteiger partial charge in [0, 0.05) is 18.5 Å². The van der Waals surface area contributed by atoms with Crippen LogP contribution in [0.15, 0.2) is 36.4 Å². The number of thioether (sulfide) groups is 1. The van der Waals surface area contributed by atoms with E-state index in [1.807, 2.05) is 12.1 Å². The molecular weight excluding hydrogens is 396 g/mol. The number of benzene rings is 2. The number of nitrogens with one attached hydrogen (secondary N) is 1. The van der Waals surface area contributed by atoms with Gasteiger partial charge >= 0.3 is 5.97 Å². The van der Waals surface area contributed by atoms with Crippen molar-refractivity contribution in [2.75, 3.05) is 26.0 Å². The zero-order chi connectivity index (χ0) is 21.0. The molecule has 1 atom stereocenters. The Kier molecular flexibility index (Phi) is 6.38. The lowest BCUT2D eigenvalue weighted by molar-refractivity contribution is -0.130. The largest absolute Gasteiger partial charge is 0.496 e. The van der Waals surface area contributed by atoms with E-state index in [0.29, 0.717) is 16.7 Å². The first-order chi connectivity index (χ1) is 13.9. The highest BCUT2D eigenvalue weighted by atomic mass is 32.2. The van der Waals surface area contributed by atoms with Gasteiger partial charge in [-0.25, -0.2) is 4.79 Å². The second kappa shape index (κ2) is 8.95. The molecule has 1 aliphatic heterocycles. The smallest absolute Gasteiger partial charge is 0.339 e. The van der Waals surface area contributed by atoms with E-state index in [4.69, 9.17) is 9.47 Å². The first-order valence-corrected chi connectivity index (χ1v) is 9.92. The van der Waals surface area contributed by atoms with Crippen molar-refractivity contribution in [3.63, 3.8) is 0 Å². The lowest BCUT2D eigenvalue weighted by Crippen LogP contribution is -2.41. The second-order valence-corrected chi connectivity index (χ2v) is 7.23. The maximum Gasteiger partial charge on any atom is 0.339 e. The van der Waals surface area contributed by atoms with Gasteiger partial charge in [-0.1, -0.05) is 36.0 Å². The van der Waals surface area contributed by atoms with Gasteiger partial charge in [-0.05, 0) is 24.4 Å². The van der Waals surface area contributed by atoms with Gasteiger partial charge in [-0.15, -0.1) is 0 Å². The number of fused-ring (bicyclic) bond motifs is 1. The number of methoxy groups -OCH3 is 1. The molecule has 1 fully saturated rings. The molecule has 29 heavy (non-hydrogen) atoms. The molecule has 2 aromatic carbocycles. The summed E-state index contributed by atoms with van der Waals surface area (Å²) >= 11 is 0.935. The van der Waals surface area contributed by atoms with Crippen LogP contribution < -0.4 is 10.1 Å². The lowest BCUT2D eigenvalue weighted by atomic mass is 10.0. The van der Waals surface area contributed by atoms with Crippen LogP contribution in [-0.4, -0.2) is 60.0 Å². The molecule has 0 radical (unpaired) electrons. The average molecular weight is 416 g/mol. The van der Waals surface area contributed by atoms with Gasteiger partial charge in [-0.3, -0.25) is 19.3 Å². The Morgan fingerprint density at radius 3 is 2.55 bits per heavy atom. The second-order valence-electron chi connectivity index (χ2n) is 6.30. The number of hydrogen-bond acceptors (Lipinski definition) is 7. The van der Waals surface area contributed by atoms with Crippen LogP contribution in [-0.2, 0) is 14.3 Å². The predicted molar refractivity (Wildman–Crippen MR) is 108 cm³/mol. The van der Waals surface area contributed by atoms with Gasteiger partial charge in [-0.2, -0.15) is 0 Å². The third-order valence-corrected chi connectivity index (χ3v) is 5.31. The number of amides is 3. The van der Waals surface area contributed by atoms with Gasteiger partial charge < -0.3 is 14.8 Å². The van der Waals surface area contributed by atoms with Gasteiger partial charge in [0.05, 0.1) is 18.4 Å². The topological polar surface area (TPSA) is 102 Å². The maximum atomic E-state index is 12.6. The van der Waals surface area contributed by atoms with Crippen molar-refractivity contribution in [3.05, 3.63) is 42.0 Å². The molecule has 0 saturated carbocycles. The molecule has 3 rings (SSSR count). The highest BCUT2D eigenvalue weighted by molar-refractivity contribution is 8.14. The molecule has 0 aliphatic carbocycles. The zero-order valence-corrected chi connectivity index (χ0v) is 16.8. The van der Waals surface area contributed by atoms with Crippen molar-refractivity contribution in [1.82, 2.24) is 10.2 Å². The summed E-state index contributed by atoms with van der Waals surface area (Å²) in [5.74, 6) is -0.667. The maximum absolute atomic E-state index is 12.6. The Balaban J connectivity index is 1.60. The van der Waals surface area contributed by atoms with E-state index in [9.17, 15) is 19.2 Å². The molecule has 1 aliphatic rings. The monoisotopic (exact) mass is 416 g/mol. The van der Waals surface area contributed by atoms with Crippen LogP contribution >= 0.6 is 11.8 Å². The summed E-state index contributed by atoms with van der Waals surface area (Å²) in [4.78, 5) is 49.0. The zero-order valence-electron chi connectivity index (χ0n) is 16.0. The SMILES string of the molecule is COc1ccc(C(=O)O[C@H](C)C(=O)NCCN2C(=O)CSC2=O)c2ccccc12. The number of nitrogens with zero attached hydrogens (tertiary/aromatic N) is 1. The fraction of sp³-hybridized carbons (Fsp3) is 0.300.